The van der Waals surface area contributed by atoms with E-state index < -0.39 is 10.8 Å². The fraction of sp³-hybridized carbons (Fsp3) is 0.800. The van der Waals surface area contributed by atoms with Crippen LogP contribution in [-0.4, -0.2) is 31.6 Å². The third-order valence-corrected chi connectivity index (χ3v) is 4.83. The molecule has 1 aliphatic carbocycles. The molecule has 0 radical (unpaired) electrons. The zero-order valence-corrected chi connectivity index (χ0v) is 11.2. The minimum Gasteiger partial charge on any atom is -0.360 e. The highest BCUT2D eigenvalue weighted by atomic mass is 32.2. The van der Waals surface area contributed by atoms with E-state index in [0.29, 0.717) is 5.92 Å². The average Bonchev–Trinajstić information content (AvgIpc) is 2.99. The van der Waals surface area contributed by atoms with E-state index >= 15 is 0 Å². The maximum atomic E-state index is 11.1. The van der Waals surface area contributed by atoms with Crippen LogP contribution >= 0.6 is 11.5 Å². The van der Waals surface area contributed by atoms with Gasteiger partial charge in [0.05, 0.1) is 0 Å². The molecule has 1 N–H and O–H groups in total. The maximum Gasteiger partial charge on any atom is 0.202 e. The summed E-state index contributed by atoms with van der Waals surface area (Å²) in [7, 11) is -0.733. The monoisotopic (exact) mass is 259 g/mol. The first-order chi connectivity index (χ1) is 7.66. The lowest BCUT2D eigenvalue weighted by molar-refractivity contribution is 0.672. The summed E-state index contributed by atoms with van der Waals surface area (Å²) in [6.07, 6.45) is 5.13. The summed E-state index contributed by atoms with van der Waals surface area (Å²) in [5, 5.41) is 4.38. The normalized spacial score (nSPS) is 19.4. The molecule has 0 saturated heterocycles. The fourth-order valence-electron chi connectivity index (χ4n) is 1.36. The van der Waals surface area contributed by atoms with Gasteiger partial charge >= 0.3 is 0 Å². The summed E-state index contributed by atoms with van der Waals surface area (Å²) in [5.74, 6) is 1.62. The number of nitrogens with zero attached hydrogens (tertiary/aromatic N) is 2. The summed E-state index contributed by atoms with van der Waals surface area (Å²) >= 11 is 1.43. The lowest BCUT2D eigenvalue weighted by atomic mass is 10.3. The molecule has 1 aromatic rings. The zero-order valence-electron chi connectivity index (χ0n) is 9.60. The van der Waals surface area contributed by atoms with Crippen molar-refractivity contribution in [2.24, 2.45) is 0 Å². The van der Waals surface area contributed by atoms with E-state index in [4.69, 9.17) is 0 Å². The molecule has 0 spiro atoms. The Kier molecular flexibility index (Phi) is 3.91. The highest BCUT2D eigenvalue weighted by Crippen LogP contribution is 2.39. The Labute approximate surface area is 102 Å². The van der Waals surface area contributed by atoms with Gasteiger partial charge in [-0.25, -0.2) is 4.98 Å². The van der Waals surface area contributed by atoms with Gasteiger partial charge in [-0.15, -0.1) is 0 Å². The Balaban J connectivity index is 1.74. The zero-order chi connectivity index (χ0) is 11.5. The van der Waals surface area contributed by atoms with Gasteiger partial charge in [-0.1, -0.05) is 6.92 Å². The van der Waals surface area contributed by atoms with E-state index in [-0.39, 0.29) is 5.25 Å². The van der Waals surface area contributed by atoms with Crippen molar-refractivity contribution in [1.82, 2.24) is 9.36 Å². The maximum absolute atomic E-state index is 11.1. The van der Waals surface area contributed by atoms with Crippen molar-refractivity contribution in [3.05, 3.63) is 5.82 Å². The van der Waals surface area contributed by atoms with Crippen LogP contribution in [0.3, 0.4) is 0 Å². The second-order valence-electron chi connectivity index (χ2n) is 4.26. The quantitative estimate of drug-likeness (QED) is 0.849. The van der Waals surface area contributed by atoms with Crippen LogP contribution in [0, 0.1) is 0 Å². The predicted molar refractivity (Wildman–Crippen MR) is 68.5 cm³/mol. The highest BCUT2D eigenvalue weighted by Gasteiger charge is 2.27. The number of rotatable bonds is 6. The van der Waals surface area contributed by atoms with Crippen molar-refractivity contribution < 1.29 is 4.21 Å². The molecule has 90 valence electrons. The van der Waals surface area contributed by atoms with Crippen LogP contribution in [0.1, 0.15) is 37.9 Å². The van der Waals surface area contributed by atoms with Crippen molar-refractivity contribution in [3.63, 3.8) is 0 Å². The molecule has 0 bridgehead atoms. The minimum absolute atomic E-state index is 0.239. The molecule has 0 aromatic carbocycles. The molecule has 4 nitrogen and oxygen atoms in total. The Morgan fingerprint density at radius 3 is 3.00 bits per heavy atom. The molecule has 1 fully saturated rings. The van der Waals surface area contributed by atoms with Crippen LogP contribution in [0.5, 0.6) is 0 Å². The van der Waals surface area contributed by atoms with Crippen molar-refractivity contribution in [1.29, 1.82) is 0 Å². The molecule has 2 rings (SSSR count). The lowest BCUT2D eigenvalue weighted by Gasteiger charge is -2.07. The second-order valence-corrected chi connectivity index (χ2v) is 6.81. The van der Waals surface area contributed by atoms with Crippen LogP contribution in [0.15, 0.2) is 0 Å². The first kappa shape index (κ1) is 12.0. The summed E-state index contributed by atoms with van der Waals surface area (Å²) in [4.78, 5) is 4.43. The molecule has 1 aliphatic rings. The summed E-state index contributed by atoms with van der Waals surface area (Å²) < 4.78 is 15.5. The van der Waals surface area contributed by atoms with Gasteiger partial charge in [-0.05, 0) is 19.3 Å². The molecule has 1 saturated carbocycles. The van der Waals surface area contributed by atoms with E-state index in [2.05, 4.69) is 14.7 Å². The van der Waals surface area contributed by atoms with E-state index in [9.17, 15) is 4.21 Å². The highest BCUT2D eigenvalue weighted by molar-refractivity contribution is 7.84. The lowest BCUT2D eigenvalue weighted by Crippen LogP contribution is -2.14. The van der Waals surface area contributed by atoms with Crippen LogP contribution in [0.4, 0.5) is 5.13 Å². The minimum atomic E-state index is -0.733. The summed E-state index contributed by atoms with van der Waals surface area (Å²) in [6.45, 7) is 2.83. The van der Waals surface area contributed by atoms with Gasteiger partial charge in [-0.3, -0.25) is 4.21 Å². The Hall–Kier alpha value is -0.490. The summed E-state index contributed by atoms with van der Waals surface area (Å²) in [6, 6.07) is 0. The number of hydrogen-bond acceptors (Lipinski definition) is 5. The smallest absolute Gasteiger partial charge is 0.202 e. The van der Waals surface area contributed by atoms with Crippen molar-refractivity contribution >= 4 is 27.5 Å². The van der Waals surface area contributed by atoms with E-state index in [1.54, 1.807) is 6.26 Å². The molecule has 0 aliphatic heterocycles. The Morgan fingerprint density at radius 1 is 1.62 bits per heavy atom. The van der Waals surface area contributed by atoms with Crippen LogP contribution in [0.2, 0.25) is 0 Å². The first-order valence-electron chi connectivity index (χ1n) is 5.56. The number of aromatic nitrogens is 2. The third-order valence-electron chi connectivity index (χ3n) is 2.78. The second kappa shape index (κ2) is 5.23. The van der Waals surface area contributed by atoms with Crippen molar-refractivity contribution in [2.75, 3.05) is 18.1 Å². The van der Waals surface area contributed by atoms with Gasteiger partial charge in [0.1, 0.15) is 5.82 Å². The Morgan fingerprint density at radius 2 is 2.38 bits per heavy atom. The number of nitrogens with one attached hydrogen (secondary N) is 1. The van der Waals surface area contributed by atoms with Gasteiger partial charge in [-0.2, -0.15) is 4.37 Å². The molecule has 6 heteroatoms. The predicted octanol–water partition coefficient (Wildman–Crippen LogP) is 1.98. The molecule has 2 unspecified atom stereocenters. The molecule has 2 atom stereocenters. The first-order valence-corrected chi connectivity index (χ1v) is 7.96. The fourth-order valence-corrected chi connectivity index (χ4v) is 2.48. The average molecular weight is 259 g/mol. The molecular weight excluding hydrogens is 242 g/mol. The number of hydrogen-bond donors (Lipinski definition) is 1. The van der Waals surface area contributed by atoms with Crippen molar-refractivity contribution in [2.45, 2.75) is 37.4 Å². The molecule has 1 heterocycles. The molecular formula is C10H17N3OS2. The SMILES string of the molecule is CC(CCNc1nc(C2CC2)ns1)S(C)=O. The van der Waals surface area contributed by atoms with Gasteiger partial charge in [0, 0.05) is 46.3 Å². The third kappa shape index (κ3) is 3.25. The topological polar surface area (TPSA) is 54.9 Å². The van der Waals surface area contributed by atoms with Crippen molar-refractivity contribution in [3.8, 4) is 0 Å². The van der Waals surface area contributed by atoms with Crippen LogP contribution in [-0.2, 0) is 10.8 Å². The van der Waals surface area contributed by atoms with Gasteiger partial charge in [0.15, 0.2) is 0 Å². The van der Waals surface area contributed by atoms with E-state index in [1.165, 1.54) is 24.4 Å². The van der Waals surface area contributed by atoms with E-state index in [0.717, 1.165) is 23.9 Å². The van der Waals surface area contributed by atoms with Gasteiger partial charge in [0.25, 0.3) is 0 Å². The van der Waals surface area contributed by atoms with Crippen LogP contribution in [0.25, 0.3) is 0 Å². The van der Waals surface area contributed by atoms with Gasteiger partial charge < -0.3 is 5.32 Å². The standard InChI is InChI=1S/C10H17N3OS2/c1-7(16(2)14)5-6-11-10-12-9(13-15-10)8-3-4-8/h7-8H,3-6H2,1-2H3,(H,11,12,13). The molecule has 1 aromatic heterocycles. The Bertz CT molecular complexity index is 376. The van der Waals surface area contributed by atoms with E-state index in [1.807, 2.05) is 6.92 Å². The summed E-state index contributed by atoms with van der Waals surface area (Å²) in [5.41, 5.74) is 0. The molecule has 16 heavy (non-hydrogen) atoms. The molecule has 0 amide bonds. The largest absolute Gasteiger partial charge is 0.360 e. The number of anilines is 1. The van der Waals surface area contributed by atoms with Crippen LogP contribution < -0.4 is 5.32 Å². The van der Waals surface area contributed by atoms with Gasteiger partial charge in [0.2, 0.25) is 5.13 Å².